The first kappa shape index (κ1) is 12.2. The second-order valence-electron chi connectivity index (χ2n) is 4.33. The van der Waals surface area contributed by atoms with Gasteiger partial charge in [-0.15, -0.1) is 0 Å². The van der Waals surface area contributed by atoms with Gasteiger partial charge in [0.2, 0.25) is 0 Å². The molecule has 0 aromatic heterocycles. The minimum atomic E-state index is -0.345. The van der Waals surface area contributed by atoms with Crippen molar-refractivity contribution in [2.45, 2.75) is 25.0 Å². The Kier molecular flexibility index (Phi) is 3.89. The number of nitrogens with zero attached hydrogens (tertiary/aromatic N) is 1. The van der Waals surface area contributed by atoms with Crippen molar-refractivity contribution in [3.8, 4) is 0 Å². The highest BCUT2D eigenvalue weighted by Gasteiger charge is 2.15. The fraction of sp³-hybridized carbons (Fsp3) is 0.500. The molecule has 1 fully saturated rings. The van der Waals surface area contributed by atoms with E-state index in [0.29, 0.717) is 5.25 Å². The number of benzene rings is 1. The Morgan fingerprint density at radius 2 is 2.35 bits per heavy atom. The molecule has 5 heteroatoms. The average molecular weight is 252 g/mol. The molecule has 1 aromatic rings. The van der Waals surface area contributed by atoms with Gasteiger partial charge in [0.1, 0.15) is 0 Å². The molecule has 1 atom stereocenters. The zero-order valence-electron chi connectivity index (χ0n) is 9.81. The number of rotatable bonds is 4. The van der Waals surface area contributed by atoms with Gasteiger partial charge in [-0.2, -0.15) is 11.8 Å². The van der Waals surface area contributed by atoms with Gasteiger partial charge >= 0.3 is 0 Å². The molecule has 2 rings (SSSR count). The van der Waals surface area contributed by atoms with Crippen LogP contribution >= 0.6 is 11.8 Å². The Labute approximate surface area is 105 Å². The van der Waals surface area contributed by atoms with Crippen molar-refractivity contribution < 1.29 is 4.92 Å². The zero-order valence-corrected chi connectivity index (χ0v) is 10.6. The van der Waals surface area contributed by atoms with Gasteiger partial charge in [0, 0.05) is 29.6 Å². The van der Waals surface area contributed by atoms with E-state index in [-0.39, 0.29) is 10.6 Å². The average Bonchev–Trinajstić information content (AvgIpc) is 2.78. The minimum absolute atomic E-state index is 0.159. The standard InChI is InChI=1S/C12H16N2O2S/c1-9-5-10(7-11(6-9)14(15)16)13-8-12-3-2-4-17-12/h5-7,12-13H,2-4,8H2,1H3. The van der Waals surface area contributed by atoms with Crippen molar-refractivity contribution in [3.05, 3.63) is 33.9 Å². The van der Waals surface area contributed by atoms with E-state index in [2.05, 4.69) is 5.32 Å². The first-order valence-corrected chi connectivity index (χ1v) is 6.81. The lowest BCUT2D eigenvalue weighted by molar-refractivity contribution is -0.384. The van der Waals surface area contributed by atoms with Gasteiger partial charge in [0.25, 0.3) is 5.69 Å². The normalized spacial score (nSPS) is 19.2. The number of non-ortho nitro benzene ring substituents is 1. The highest BCUT2D eigenvalue weighted by Crippen LogP contribution is 2.27. The topological polar surface area (TPSA) is 55.2 Å². The molecule has 1 saturated heterocycles. The lowest BCUT2D eigenvalue weighted by Crippen LogP contribution is -2.13. The van der Waals surface area contributed by atoms with Gasteiger partial charge in [0.15, 0.2) is 0 Å². The Morgan fingerprint density at radius 1 is 1.53 bits per heavy atom. The molecule has 0 amide bonds. The summed E-state index contributed by atoms with van der Waals surface area (Å²) in [6.07, 6.45) is 2.52. The summed E-state index contributed by atoms with van der Waals surface area (Å²) in [6, 6.07) is 5.15. The SMILES string of the molecule is Cc1cc(NCC2CCCS2)cc([N+](=O)[O-])c1. The van der Waals surface area contributed by atoms with Crippen LogP contribution in [-0.2, 0) is 0 Å². The van der Waals surface area contributed by atoms with E-state index in [1.807, 2.05) is 24.8 Å². The molecular weight excluding hydrogens is 236 g/mol. The van der Waals surface area contributed by atoms with Crippen molar-refractivity contribution in [1.82, 2.24) is 0 Å². The Hall–Kier alpha value is -1.23. The summed E-state index contributed by atoms with van der Waals surface area (Å²) in [5.41, 5.74) is 1.93. The largest absolute Gasteiger partial charge is 0.384 e. The molecular formula is C12H16N2O2S. The molecule has 1 heterocycles. The van der Waals surface area contributed by atoms with E-state index in [0.717, 1.165) is 17.8 Å². The van der Waals surface area contributed by atoms with Crippen molar-refractivity contribution in [3.63, 3.8) is 0 Å². The highest BCUT2D eigenvalue weighted by atomic mass is 32.2. The Bertz CT molecular complexity index is 417. The quantitative estimate of drug-likeness (QED) is 0.660. The molecule has 17 heavy (non-hydrogen) atoms. The molecule has 1 aliphatic heterocycles. The van der Waals surface area contributed by atoms with Crippen LogP contribution in [0.1, 0.15) is 18.4 Å². The van der Waals surface area contributed by atoms with Crippen LogP contribution < -0.4 is 5.32 Å². The first-order chi connectivity index (χ1) is 8.15. The number of nitro groups is 1. The number of aryl methyl sites for hydroxylation is 1. The van der Waals surface area contributed by atoms with E-state index >= 15 is 0 Å². The third-order valence-corrected chi connectivity index (χ3v) is 4.23. The van der Waals surface area contributed by atoms with E-state index in [1.165, 1.54) is 18.6 Å². The number of nitrogens with one attached hydrogen (secondary N) is 1. The molecule has 1 unspecified atom stereocenters. The third kappa shape index (κ3) is 3.36. The lowest BCUT2D eigenvalue weighted by atomic mass is 10.2. The predicted octanol–water partition coefficient (Wildman–Crippen LogP) is 3.21. The second kappa shape index (κ2) is 5.40. The van der Waals surface area contributed by atoms with Crippen LogP contribution in [0.15, 0.2) is 18.2 Å². The van der Waals surface area contributed by atoms with Crippen LogP contribution in [0.4, 0.5) is 11.4 Å². The number of nitro benzene ring substituents is 1. The van der Waals surface area contributed by atoms with E-state index in [4.69, 9.17) is 0 Å². The van der Waals surface area contributed by atoms with Gasteiger partial charge in [-0.3, -0.25) is 10.1 Å². The predicted molar refractivity (Wildman–Crippen MR) is 71.8 cm³/mol. The van der Waals surface area contributed by atoms with Crippen molar-refractivity contribution in [1.29, 1.82) is 0 Å². The summed E-state index contributed by atoms with van der Waals surface area (Å²) in [5, 5.41) is 14.7. The summed E-state index contributed by atoms with van der Waals surface area (Å²) in [6.45, 7) is 2.77. The van der Waals surface area contributed by atoms with E-state index in [9.17, 15) is 10.1 Å². The van der Waals surface area contributed by atoms with Crippen LogP contribution in [0, 0.1) is 17.0 Å². The number of hydrogen-bond acceptors (Lipinski definition) is 4. The second-order valence-corrected chi connectivity index (χ2v) is 5.74. The fourth-order valence-corrected chi connectivity index (χ4v) is 3.21. The summed E-state index contributed by atoms with van der Waals surface area (Å²) in [5.74, 6) is 1.24. The molecule has 1 aliphatic rings. The van der Waals surface area contributed by atoms with Crippen molar-refractivity contribution in [2.75, 3.05) is 17.6 Å². The molecule has 0 saturated carbocycles. The summed E-state index contributed by atoms with van der Waals surface area (Å²) < 4.78 is 0. The van der Waals surface area contributed by atoms with Gasteiger partial charge in [0.05, 0.1) is 4.92 Å². The molecule has 0 spiro atoms. The minimum Gasteiger partial charge on any atom is -0.384 e. The maximum absolute atomic E-state index is 10.7. The molecule has 0 bridgehead atoms. The van der Waals surface area contributed by atoms with Crippen molar-refractivity contribution in [2.24, 2.45) is 0 Å². The molecule has 1 aromatic carbocycles. The summed E-state index contributed by atoms with van der Waals surface area (Å²) in [7, 11) is 0. The lowest BCUT2D eigenvalue weighted by Gasteiger charge is -2.11. The van der Waals surface area contributed by atoms with E-state index < -0.39 is 0 Å². The smallest absolute Gasteiger partial charge is 0.271 e. The van der Waals surface area contributed by atoms with Gasteiger partial charge in [-0.1, -0.05) is 0 Å². The van der Waals surface area contributed by atoms with Crippen LogP contribution in [0.5, 0.6) is 0 Å². The maximum atomic E-state index is 10.7. The molecule has 0 aliphatic carbocycles. The van der Waals surface area contributed by atoms with Crippen molar-refractivity contribution >= 4 is 23.1 Å². The Balaban J connectivity index is 2.01. The highest BCUT2D eigenvalue weighted by molar-refractivity contribution is 8.00. The van der Waals surface area contributed by atoms with Gasteiger partial charge in [-0.25, -0.2) is 0 Å². The van der Waals surface area contributed by atoms with Crippen LogP contribution in [0.3, 0.4) is 0 Å². The first-order valence-electron chi connectivity index (χ1n) is 5.77. The fourth-order valence-electron chi connectivity index (χ4n) is 2.01. The van der Waals surface area contributed by atoms with Crippen LogP contribution in [0.25, 0.3) is 0 Å². The number of hydrogen-bond donors (Lipinski definition) is 1. The zero-order chi connectivity index (χ0) is 12.3. The molecule has 4 nitrogen and oxygen atoms in total. The van der Waals surface area contributed by atoms with E-state index in [1.54, 1.807) is 12.1 Å². The third-order valence-electron chi connectivity index (χ3n) is 2.83. The van der Waals surface area contributed by atoms with Crippen LogP contribution in [-0.4, -0.2) is 22.5 Å². The maximum Gasteiger partial charge on any atom is 0.271 e. The molecule has 1 N–H and O–H groups in total. The summed E-state index contributed by atoms with van der Waals surface area (Å²) in [4.78, 5) is 10.4. The number of thioether (sulfide) groups is 1. The van der Waals surface area contributed by atoms with Gasteiger partial charge < -0.3 is 5.32 Å². The number of anilines is 1. The molecule has 92 valence electrons. The Morgan fingerprint density at radius 3 is 3.00 bits per heavy atom. The van der Waals surface area contributed by atoms with Gasteiger partial charge in [-0.05, 0) is 37.1 Å². The summed E-state index contributed by atoms with van der Waals surface area (Å²) >= 11 is 1.98. The molecule has 0 radical (unpaired) electrons. The van der Waals surface area contributed by atoms with Crippen LogP contribution in [0.2, 0.25) is 0 Å². The monoisotopic (exact) mass is 252 g/mol.